The van der Waals surface area contributed by atoms with E-state index in [-0.39, 0.29) is 13.2 Å². The summed E-state index contributed by atoms with van der Waals surface area (Å²) in [4.78, 5) is 25.0. The second kappa shape index (κ2) is 12.9. The summed E-state index contributed by atoms with van der Waals surface area (Å²) in [6.45, 7) is 2.23. The van der Waals surface area contributed by atoms with Crippen molar-refractivity contribution in [2.45, 2.75) is 51.9 Å². The van der Waals surface area contributed by atoms with Crippen LogP contribution in [0.4, 0.5) is 9.59 Å². The molecular formula is C24H28N2O4. The summed E-state index contributed by atoms with van der Waals surface area (Å²) in [5, 5.41) is 1.05. The molecule has 6 nitrogen and oxygen atoms in total. The zero-order chi connectivity index (χ0) is 21.6. The molecule has 0 aromatic heterocycles. The molecule has 158 valence electrons. The molecule has 0 saturated carbocycles. The van der Waals surface area contributed by atoms with Gasteiger partial charge in [0, 0.05) is 0 Å². The maximum Gasteiger partial charge on any atom is 0.430 e. The molecule has 0 heterocycles. The molecule has 0 saturated heterocycles. The van der Waals surface area contributed by atoms with Gasteiger partial charge in [-0.3, -0.25) is 0 Å². The van der Waals surface area contributed by atoms with E-state index in [0.29, 0.717) is 6.42 Å². The summed E-state index contributed by atoms with van der Waals surface area (Å²) in [6.07, 6.45) is 7.52. The summed E-state index contributed by atoms with van der Waals surface area (Å²) in [6, 6.07) is 17.9. The number of ether oxygens (including phenoxy) is 2. The Bertz CT molecular complexity index is 818. The number of hydrogen-bond acceptors (Lipinski definition) is 4. The zero-order valence-electron chi connectivity index (χ0n) is 17.3. The summed E-state index contributed by atoms with van der Waals surface area (Å²) >= 11 is 0. The van der Waals surface area contributed by atoms with E-state index >= 15 is 0 Å². The van der Waals surface area contributed by atoms with E-state index in [1.807, 2.05) is 60.7 Å². The minimum absolute atomic E-state index is 0.0726. The molecule has 6 heteroatoms. The number of carbonyl (C=O) groups is 2. The zero-order valence-corrected chi connectivity index (χ0v) is 17.3. The lowest BCUT2D eigenvalue weighted by Crippen LogP contribution is -2.51. The van der Waals surface area contributed by atoms with Gasteiger partial charge in [0.05, 0.1) is 0 Å². The normalized spacial score (nSPS) is 11.1. The third-order valence-electron chi connectivity index (χ3n) is 4.41. The van der Waals surface area contributed by atoms with E-state index in [9.17, 15) is 9.59 Å². The van der Waals surface area contributed by atoms with Crippen molar-refractivity contribution in [2.75, 3.05) is 0 Å². The SMILES string of the molecule is C#C[C@@H](CCCCC)N(NC(=O)OCc1ccccc1)C(=O)OCc1ccccc1. The molecule has 2 amide bonds. The molecular weight excluding hydrogens is 380 g/mol. The number of terminal acetylenes is 1. The number of hydrogen-bond donors (Lipinski definition) is 1. The quantitative estimate of drug-likeness (QED) is 0.358. The number of benzene rings is 2. The standard InChI is InChI=1S/C24H28N2O4/c1-3-5-8-17-22(4-2)26(24(28)30-19-21-15-11-7-12-16-21)25-23(27)29-18-20-13-9-6-10-14-20/h2,6-7,9-16,22H,3,5,8,17-19H2,1H3,(H,25,27)/t22-/m0/s1. The lowest BCUT2D eigenvalue weighted by atomic mass is 10.1. The Morgan fingerprint density at radius 1 is 0.967 bits per heavy atom. The number of nitrogens with zero attached hydrogens (tertiary/aromatic N) is 1. The Hall–Kier alpha value is -3.46. The molecule has 1 atom stereocenters. The highest BCUT2D eigenvalue weighted by Gasteiger charge is 2.26. The number of amides is 2. The van der Waals surface area contributed by atoms with Gasteiger partial charge in [-0.15, -0.1) is 6.42 Å². The van der Waals surface area contributed by atoms with Crippen LogP contribution in [0.3, 0.4) is 0 Å². The molecule has 2 aromatic rings. The first kappa shape index (κ1) is 22.8. The van der Waals surface area contributed by atoms with Gasteiger partial charge >= 0.3 is 12.2 Å². The average Bonchev–Trinajstić information content (AvgIpc) is 2.79. The van der Waals surface area contributed by atoms with Crippen molar-refractivity contribution in [2.24, 2.45) is 0 Å². The van der Waals surface area contributed by atoms with Crippen LogP contribution in [0.25, 0.3) is 0 Å². The Balaban J connectivity index is 2.00. The van der Waals surface area contributed by atoms with Crippen LogP contribution in [-0.4, -0.2) is 23.2 Å². The maximum atomic E-state index is 12.7. The highest BCUT2D eigenvalue weighted by atomic mass is 16.6. The van der Waals surface area contributed by atoms with Gasteiger partial charge in [-0.2, -0.15) is 0 Å². The van der Waals surface area contributed by atoms with Crippen molar-refractivity contribution in [3.05, 3.63) is 71.8 Å². The van der Waals surface area contributed by atoms with E-state index in [2.05, 4.69) is 18.3 Å². The molecule has 0 aliphatic heterocycles. The fourth-order valence-corrected chi connectivity index (χ4v) is 2.77. The van der Waals surface area contributed by atoms with Crippen LogP contribution >= 0.6 is 0 Å². The summed E-state index contributed by atoms with van der Waals surface area (Å²) < 4.78 is 10.6. The van der Waals surface area contributed by atoms with E-state index in [0.717, 1.165) is 35.4 Å². The first-order chi connectivity index (χ1) is 14.6. The van der Waals surface area contributed by atoms with Gasteiger partial charge in [-0.25, -0.2) is 20.0 Å². The van der Waals surface area contributed by atoms with Crippen molar-refractivity contribution < 1.29 is 19.1 Å². The predicted octanol–water partition coefficient (Wildman–Crippen LogP) is 5.05. The second-order valence-corrected chi connectivity index (χ2v) is 6.76. The van der Waals surface area contributed by atoms with E-state index in [4.69, 9.17) is 15.9 Å². The molecule has 2 rings (SSSR count). The molecule has 30 heavy (non-hydrogen) atoms. The Morgan fingerprint density at radius 3 is 2.07 bits per heavy atom. The van der Waals surface area contributed by atoms with Crippen molar-refractivity contribution in [3.8, 4) is 12.3 Å². The highest BCUT2D eigenvalue weighted by Crippen LogP contribution is 2.11. The number of carbonyl (C=O) groups excluding carboxylic acids is 2. The summed E-state index contributed by atoms with van der Waals surface area (Å²) in [5.74, 6) is 2.57. The first-order valence-corrected chi connectivity index (χ1v) is 10.1. The van der Waals surface area contributed by atoms with Gasteiger partial charge in [0.2, 0.25) is 0 Å². The Kier molecular flexibility index (Phi) is 9.81. The van der Waals surface area contributed by atoms with Crippen LogP contribution in [0.1, 0.15) is 43.7 Å². The topological polar surface area (TPSA) is 67.9 Å². The summed E-state index contributed by atoms with van der Waals surface area (Å²) in [7, 11) is 0. The minimum atomic E-state index is -0.772. The van der Waals surface area contributed by atoms with E-state index in [1.165, 1.54) is 0 Å². The van der Waals surface area contributed by atoms with Crippen LogP contribution in [0, 0.1) is 12.3 Å². The summed E-state index contributed by atoms with van der Waals surface area (Å²) in [5.41, 5.74) is 4.13. The predicted molar refractivity (Wildman–Crippen MR) is 115 cm³/mol. The Labute approximate surface area is 178 Å². The monoisotopic (exact) mass is 408 g/mol. The van der Waals surface area contributed by atoms with Gasteiger partial charge < -0.3 is 9.47 Å². The average molecular weight is 408 g/mol. The van der Waals surface area contributed by atoms with Crippen LogP contribution < -0.4 is 5.43 Å². The van der Waals surface area contributed by atoms with E-state index < -0.39 is 18.2 Å². The highest BCUT2D eigenvalue weighted by molar-refractivity contribution is 5.74. The molecule has 0 bridgehead atoms. The van der Waals surface area contributed by atoms with Crippen LogP contribution in [-0.2, 0) is 22.7 Å². The van der Waals surface area contributed by atoms with Gasteiger partial charge in [-0.05, 0) is 17.5 Å². The number of nitrogens with one attached hydrogen (secondary N) is 1. The number of rotatable bonds is 9. The number of unbranched alkanes of at least 4 members (excludes halogenated alkanes) is 2. The van der Waals surface area contributed by atoms with E-state index in [1.54, 1.807) is 0 Å². The fourth-order valence-electron chi connectivity index (χ4n) is 2.77. The molecule has 0 spiro atoms. The van der Waals surface area contributed by atoms with Crippen molar-refractivity contribution in [1.82, 2.24) is 10.4 Å². The third-order valence-corrected chi connectivity index (χ3v) is 4.41. The first-order valence-electron chi connectivity index (χ1n) is 10.1. The molecule has 1 N–H and O–H groups in total. The molecule has 0 aliphatic carbocycles. The van der Waals surface area contributed by atoms with Gasteiger partial charge in [-0.1, -0.05) is 92.8 Å². The van der Waals surface area contributed by atoms with Crippen LogP contribution in [0.5, 0.6) is 0 Å². The number of hydrazine groups is 1. The second-order valence-electron chi connectivity index (χ2n) is 6.76. The maximum absolute atomic E-state index is 12.7. The van der Waals surface area contributed by atoms with Crippen LogP contribution in [0.15, 0.2) is 60.7 Å². The van der Waals surface area contributed by atoms with Gasteiger partial charge in [0.25, 0.3) is 0 Å². The smallest absolute Gasteiger partial charge is 0.430 e. The van der Waals surface area contributed by atoms with Crippen LogP contribution in [0.2, 0.25) is 0 Å². The fraction of sp³-hybridized carbons (Fsp3) is 0.333. The van der Waals surface area contributed by atoms with Crippen molar-refractivity contribution in [3.63, 3.8) is 0 Å². The molecule has 0 aliphatic rings. The minimum Gasteiger partial charge on any atom is -0.443 e. The van der Waals surface area contributed by atoms with Gasteiger partial charge in [0.15, 0.2) is 0 Å². The molecule has 0 radical (unpaired) electrons. The largest absolute Gasteiger partial charge is 0.443 e. The Morgan fingerprint density at radius 2 is 1.53 bits per heavy atom. The molecule has 0 unspecified atom stereocenters. The van der Waals surface area contributed by atoms with Crippen molar-refractivity contribution >= 4 is 12.2 Å². The molecule has 0 fully saturated rings. The molecule has 2 aromatic carbocycles. The van der Waals surface area contributed by atoms with Crippen molar-refractivity contribution in [1.29, 1.82) is 0 Å². The lowest BCUT2D eigenvalue weighted by Gasteiger charge is -2.27. The third kappa shape index (κ3) is 7.88. The lowest BCUT2D eigenvalue weighted by molar-refractivity contribution is 0.0539. The van der Waals surface area contributed by atoms with Gasteiger partial charge in [0.1, 0.15) is 19.3 Å².